The molecule has 1 aromatic heterocycles. The Morgan fingerprint density at radius 3 is 2.36 bits per heavy atom. The average molecular weight is 649 g/mol. The average Bonchev–Trinajstić information content (AvgIpc) is 3.46. The number of ether oxygens (including phenoxy) is 2. The lowest BCUT2D eigenvalue weighted by Gasteiger charge is -2.27. The van der Waals surface area contributed by atoms with Crippen LogP contribution >= 0.6 is 11.6 Å². The van der Waals surface area contributed by atoms with Gasteiger partial charge in [-0.05, 0) is 31.4 Å². The summed E-state index contributed by atoms with van der Waals surface area (Å²) >= 11 is 6.44. The van der Waals surface area contributed by atoms with Crippen molar-refractivity contribution in [1.29, 1.82) is 0 Å². The summed E-state index contributed by atoms with van der Waals surface area (Å²) in [6.45, 7) is 6.85. The molecule has 3 heterocycles. The van der Waals surface area contributed by atoms with Gasteiger partial charge >= 0.3 is 0 Å². The first kappa shape index (κ1) is 33.5. The van der Waals surface area contributed by atoms with Gasteiger partial charge in [-0.15, -0.1) is 0 Å². The second kappa shape index (κ2) is 14.6. The third-order valence-corrected chi connectivity index (χ3v) is 7.63. The van der Waals surface area contributed by atoms with Gasteiger partial charge in [0.15, 0.2) is 23.0 Å². The van der Waals surface area contributed by atoms with E-state index in [2.05, 4.69) is 26.4 Å². The van der Waals surface area contributed by atoms with Crippen LogP contribution in [0, 0.1) is 5.92 Å². The summed E-state index contributed by atoms with van der Waals surface area (Å²) < 4.78 is 16.5. The number of benzene rings is 1. The highest BCUT2D eigenvalue weighted by Crippen LogP contribution is 2.35. The molecule has 4 atom stereocenters. The molecule has 2 aliphatic heterocycles. The lowest BCUT2D eigenvalue weighted by atomic mass is 10.0. The number of carbonyl (C=O) groups is 5. The molecule has 244 valence electrons. The number of nitrogens with one attached hydrogen (secondary N) is 4. The molecule has 45 heavy (non-hydrogen) atoms. The first-order chi connectivity index (χ1) is 21.3. The molecule has 2 aromatic rings. The number of halogens is 1. The van der Waals surface area contributed by atoms with E-state index in [9.17, 15) is 29.1 Å². The van der Waals surface area contributed by atoms with Crippen molar-refractivity contribution in [3.05, 3.63) is 40.2 Å². The molecule has 4 rings (SSSR count). The van der Waals surface area contributed by atoms with Crippen LogP contribution in [-0.4, -0.2) is 95.2 Å². The zero-order chi connectivity index (χ0) is 32.8. The molecule has 0 saturated heterocycles. The number of hydrogen-bond donors (Lipinski definition) is 5. The van der Waals surface area contributed by atoms with Crippen molar-refractivity contribution < 1.29 is 43.1 Å². The normalized spacial score (nSPS) is 22.4. The topological polar surface area (TPSA) is 201 Å². The third kappa shape index (κ3) is 8.42. The van der Waals surface area contributed by atoms with E-state index in [-0.39, 0.29) is 49.3 Å². The summed E-state index contributed by atoms with van der Waals surface area (Å²) in [5, 5.41) is 24.5. The number of hydrogen-bond acceptors (Lipinski definition) is 10. The summed E-state index contributed by atoms with van der Waals surface area (Å²) in [7, 11) is 0. The number of aliphatic hydroxyl groups is 1. The number of fused-ring (bicyclic) bond motifs is 3. The van der Waals surface area contributed by atoms with Crippen molar-refractivity contribution >= 4 is 41.1 Å². The van der Waals surface area contributed by atoms with Crippen LogP contribution in [0.3, 0.4) is 0 Å². The van der Waals surface area contributed by atoms with Crippen LogP contribution in [-0.2, 0) is 32.1 Å². The monoisotopic (exact) mass is 648 g/mol. The van der Waals surface area contributed by atoms with Gasteiger partial charge in [0, 0.05) is 30.2 Å². The maximum Gasteiger partial charge on any atom is 0.274 e. The highest BCUT2D eigenvalue weighted by molar-refractivity contribution is 6.31. The van der Waals surface area contributed by atoms with E-state index in [4.69, 9.17) is 25.6 Å². The van der Waals surface area contributed by atoms with Gasteiger partial charge in [0.05, 0.1) is 19.1 Å². The Balaban J connectivity index is 1.61. The van der Waals surface area contributed by atoms with Crippen LogP contribution in [0.15, 0.2) is 22.7 Å². The molecule has 5 N–H and O–H groups in total. The standard InChI is InChI=1S/C29H37ClN6O9/c1-14(2)24-28(41)31-5-6-36(23(38)10-17-9-21-22(12-19(17)30)44-8-7-43-21)13-18-11-20(35-45-18)27(40)34-25(16(4)37)29(42)32-15(3)26(39)33-24/h9,11-12,14-16,24-25,37H,5-8,10,13H2,1-4H3,(H,31,41)(H,32,42)(H,33,39)(H,34,40)/t15-,16+,24-,25-/m0/s1. The summed E-state index contributed by atoms with van der Waals surface area (Å²) in [4.78, 5) is 66.9. The number of rotatable bonds is 4. The van der Waals surface area contributed by atoms with E-state index in [1.165, 1.54) is 24.8 Å². The highest BCUT2D eigenvalue weighted by Gasteiger charge is 2.32. The lowest BCUT2D eigenvalue weighted by Crippen LogP contribution is -2.58. The molecular formula is C29H37ClN6O9. The SMILES string of the molecule is CC(C)[C@@H]1NC(=O)[C@H](C)NC(=O)[C@H]([C@@H](C)O)NC(=O)c2cc(on2)CN(C(=O)Cc2cc3c(cc2Cl)OCCO3)CCNC1=O. The minimum absolute atomic E-state index is 0.0162. The van der Waals surface area contributed by atoms with Crippen molar-refractivity contribution in [2.45, 2.75) is 64.9 Å². The maximum atomic E-state index is 13.6. The molecule has 0 aliphatic carbocycles. The molecule has 15 nitrogen and oxygen atoms in total. The van der Waals surface area contributed by atoms with Gasteiger partial charge in [-0.25, -0.2) is 0 Å². The molecule has 16 heteroatoms. The second-order valence-electron chi connectivity index (χ2n) is 11.2. The zero-order valence-electron chi connectivity index (χ0n) is 25.3. The second-order valence-corrected chi connectivity index (χ2v) is 11.6. The number of carbonyl (C=O) groups excluding carboxylic acids is 5. The van der Waals surface area contributed by atoms with Crippen LogP contribution in [0.2, 0.25) is 5.02 Å². The van der Waals surface area contributed by atoms with Crippen molar-refractivity contribution in [2.75, 3.05) is 26.3 Å². The Morgan fingerprint density at radius 2 is 1.69 bits per heavy atom. The Bertz CT molecular complexity index is 1450. The summed E-state index contributed by atoms with van der Waals surface area (Å²) in [6.07, 6.45) is -1.46. The van der Waals surface area contributed by atoms with Crippen LogP contribution in [0.4, 0.5) is 0 Å². The molecule has 0 fully saturated rings. The lowest BCUT2D eigenvalue weighted by molar-refractivity contribution is -0.134. The fourth-order valence-electron chi connectivity index (χ4n) is 4.72. The minimum atomic E-state index is -1.44. The van der Waals surface area contributed by atoms with Gasteiger partial charge < -0.3 is 45.3 Å². The number of amides is 5. The third-order valence-electron chi connectivity index (χ3n) is 7.28. The molecule has 0 spiro atoms. The predicted octanol–water partition coefficient (Wildman–Crippen LogP) is -0.0750. The van der Waals surface area contributed by atoms with Gasteiger partial charge in [-0.3, -0.25) is 24.0 Å². The highest BCUT2D eigenvalue weighted by atomic mass is 35.5. The summed E-state index contributed by atoms with van der Waals surface area (Å²) in [6, 6.07) is 1.02. The van der Waals surface area contributed by atoms with Crippen LogP contribution in [0.1, 0.15) is 49.5 Å². The van der Waals surface area contributed by atoms with E-state index >= 15 is 0 Å². The smallest absolute Gasteiger partial charge is 0.274 e. The van der Waals surface area contributed by atoms with Crippen molar-refractivity contribution in [1.82, 2.24) is 31.3 Å². The van der Waals surface area contributed by atoms with E-state index in [0.29, 0.717) is 35.3 Å². The quantitative estimate of drug-likeness (QED) is 0.299. The van der Waals surface area contributed by atoms with Crippen molar-refractivity contribution in [3.8, 4) is 11.5 Å². The first-order valence-corrected chi connectivity index (χ1v) is 14.9. The van der Waals surface area contributed by atoms with E-state index in [1.807, 2.05) is 0 Å². The van der Waals surface area contributed by atoms with Gasteiger partial charge in [0.2, 0.25) is 23.6 Å². The molecule has 0 unspecified atom stereocenters. The van der Waals surface area contributed by atoms with Gasteiger partial charge in [0.1, 0.15) is 31.3 Å². The Kier molecular flexibility index (Phi) is 10.9. The Hall–Kier alpha value is -4.37. The predicted molar refractivity (Wildman–Crippen MR) is 158 cm³/mol. The van der Waals surface area contributed by atoms with E-state index in [1.54, 1.807) is 26.0 Å². The summed E-state index contributed by atoms with van der Waals surface area (Å²) in [5.74, 6) is -2.41. The minimum Gasteiger partial charge on any atom is -0.486 e. The molecule has 5 amide bonds. The molecule has 0 saturated carbocycles. The Morgan fingerprint density at radius 1 is 1.00 bits per heavy atom. The largest absolute Gasteiger partial charge is 0.486 e. The van der Waals surface area contributed by atoms with Crippen molar-refractivity contribution in [3.63, 3.8) is 0 Å². The van der Waals surface area contributed by atoms with E-state index < -0.39 is 47.9 Å². The molecule has 0 radical (unpaired) electrons. The summed E-state index contributed by atoms with van der Waals surface area (Å²) in [5.41, 5.74) is 0.289. The van der Waals surface area contributed by atoms with Crippen LogP contribution in [0.5, 0.6) is 11.5 Å². The number of nitrogens with zero attached hydrogens (tertiary/aromatic N) is 2. The fourth-order valence-corrected chi connectivity index (χ4v) is 4.94. The van der Waals surface area contributed by atoms with Gasteiger partial charge in [0.25, 0.3) is 5.91 Å². The molecule has 1 aromatic carbocycles. The van der Waals surface area contributed by atoms with Crippen molar-refractivity contribution in [2.24, 2.45) is 5.92 Å². The molecule has 2 aliphatic rings. The molecular weight excluding hydrogens is 612 g/mol. The maximum absolute atomic E-state index is 13.6. The fraction of sp³-hybridized carbons (Fsp3) is 0.517. The Labute approximate surface area is 264 Å². The number of aromatic nitrogens is 1. The zero-order valence-corrected chi connectivity index (χ0v) is 26.1. The van der Waals surface area contributed by atoms with E-state index in [0.717, 1.165) is 0 Å². The van der Waals surface area contributed by atoms with Crippen LogP contribution in [0.25, 0.3) is 0 Å². The van der Waals surface area contributed by atoms with Crippen LogP contribution < -0.4 is 30.7 Å². The number of aliphatic hydroxyl groups excluding tert-OH is 1. The first-order valence-electron chi connectivity index (χ1n) is 14.5. The van der Waals surface area contributed by atoms with Gasteiger partial charge in [-0.2, -0.15) is 0 Å². The molecule has 2 bridgehead atoms. The van der Waals surface area contributed by atoms with Gasteiger partial charge in [-0.1, -0.05) is 30.6 Å².